The number of halogens is 2. The maximum atomic E-state index is 13.7. The number of fused-ring (bicyclic) bond motifs is 1. The molecule has 1 aromatic heterocycles. The van der Waals surface area contributed by atoms with Gasteiger partial charge >= 0.3 is 0 Å². The number of Topliss-reactive ketones (excluding diaryl/α,β-unsaturated/α-hetero) is 1. The Balaban J connectivity index is 1.80. The van der Waals surface area contributed by atoms with Gasteiger partial charge in [0.2, 0.25) is 0 Å². The Labute approximate surface area is 214 Å². The molecule has 2 heterocycles. The Morgan fingerprint density at radius 3 is 2.51 bits per heavy atom. The van der Waals surface area contributed by atoms with Crippen molar-refractivity contribution in [1.29, 1.82) is 5.26 Å². The van der Waals surface area contributed by atoms with Gasteiger partial charge in [0.25, 0.3) is 0 Å². The van der Waals surface area contributed by atoms with E-state index in [1.807, 2.05) is 48.2 Å². The van der Waals surface area contributed by atoms with Gasteiger partial charge in [-0.3, -0.25) is 9.69 Å². The molecule has 1 atom stereocenters. The number of carbonyl (C=O) groups excluding carboxylic acids is 1. The molecule has 5 rings (SSSR count). The van der Waals surface area contributed by atoms with Gasteiger partial charge in [-0.1, -0.05) is 48.7 Å². The number of aryl methyl sites for hydroxylation is 1. The van der Waals surface area contributed by atoms with Gasteiger partial charge in [-0.05, 0) is 61.2 Å². The summed E-state index contributed by atoms with van der Waals surface area (Å²) >= 11 is 12.8. The van der Waals surface area contributed by atoms with Crippen LogP contribution in [0.1, 0.15) is 43.7 Å². The third-order valence-corrected chi connectivity index (χ3v) is 7.28. The second kappa shape index (κ2) is 8.41. The maximum Gasteiger partial charge on any atom is 0.162 e. The zero-order chi connectivity index (χ0) is 25.1. The molecule has 176 valence electrons. The van der Waals surface area contributed by atoms with Crippen LogP contribution in [0.15, 0.2) is 71.2 Å². The number of hydrogen-bond acceptors (Lipinski definition) is 5. The van der Waals surface area contributed by atoms with Gasteiger partial charge < -0.3 is 5.73 Å². The van der Waals surface area contributed by atoms with Crippen molar-refractivity contribution in [2.45, 2.75) is 39.5 Å². The molecule has 2 N–H and O–H groups in total. The molecule has 3 aromatic rings. The highest BCUT2D eigenvalue weighted by atomic mass is 35.5. The molecule has 0 fully saturated rings. The monoisotopic (exact) mass is 502 g/mol. The maximum absolute atomic E-state index is 13.7. The highest BCUT2D eigenvalue weighted by molar-refractivity contribution is 6.31. The summed E-state index contributed by atoms with van der Waals surface area (Å²) in [6.45, 7) is 6.14. The Hall–Kier alpha value is -3.33. The largest absolute Gasteiger partial charge is 0.384 e. The van der Waals surface area contributed by atoms with E-state index in [1.165, 1.54) is 0 Å². The van der Waals surface area contributed by atoms with Crippen LogP contribution in [0.25, 0.3) is 10.9 Å². The van der Waals surface area contributed by atoms with E-state index in [1.54, 1.807) is 12.1 Å². The van der Waals surface area contributed by atoms with Crippen molar-refractivity contribution in [1.82, 2.24) is 4.98 Å². The zero-order valence-corrected chi connectivity index (χ0v) is 21.2. The minimum atomic E-state index is -0.688. The van der Waals surface area contributed by atoms with E-state index in [4.69, 9.17) is 28.9 Å². The number of pyridine rings is 1. The first-order valence-corrected chi connectivity index (χ1v) is 12.1. The van der Waals surface area contributed by atoms with Crippen molar-refractivity contribution in [3.05, 3.63) is 92.5 Å². The molecule has 2 aliphatic rings. The van der Waals surface area contributed by atoms with Gasteiger partial charge in [0, 0.05) is 39.4 Å². The number of carbonyl (C=O) groups is 1. The van der Waals surface area contributed by atoms with Crippen LogP contribution in [0, 0.1) is 23.7 Å². The minimum absolute atomic E-state index is 0.0131. The molecule has 1 aliphatic carbocycles. The molecule has 0 amide bonds. The average molecular weight is 503 g/mol. The summed E-state index contributed by atoms with van der Waals surface area (Å²) in [6.07, 6.45) is 0.984. The van der Waals surface area contributed by atoms with Crippen molar-refractivity contribution in [3.63, 3.8) is 0 Å². The summed E-state index contributed by atoms with van der Waals surface area (Å²) in [5.74, 6) is -0.419. The lowest BCUT2D eigenvalue weighted by Crippen LogP contribution is -2.42. The highest BCUT2D eigenvalue weighted by Crippen LogP contribution is 2.51. The quantitative estimate of drug-likeness (QED) is 0.390. The summed E-state index contributed by atoms with van der Waals surface area (Å²) in [6, 6.07) is 17.4. The molecule has 35 heavy (non-hydrogen) atoms. The Morgan fingerprint density at radius 2 is 1.83 bits per heavy atom. The lowest BCUT2D eigenvalue weighted by molar-refractivity contribution is -0.118. The van der Waals surface area contributed by atoms with Crippen LogP contribution in [0.4, 0.5) is 5.69 Å². The molecule has 0 radical (unpaired) electrons. The molecule has 1 aliphatic heterocycles. The van der Waals surface area contributed by atoms with Crippen molar-refractivity contribution in [3.8, 4) is 6.07 Å². The normalized spacial score (nSPS) is 19.7. The molecule has 5 nitrogen and oxygen atoms in total. The van der Waals surface area contributed by atoms with Crippen LogP contribution >= 0.6 is 23.2 Å². The first kappa shape index (κ1) is 23.4. The number of nitrogens with two attached hydrogens (primary N) is 1. The Bertz CT molecular complexity index is 1500. The number of hydrogen-bond donors (Lipinski definition) is 1. The van der Waals surface area contributed by atoms with Crippen molar-refractivity contribution >= 4 is 45.6 Å². The van der Waals surface area contributed by atoms with Crippen LogP contribution in [0.2, 0.25) is 10.2 Å². The molecular formula is C28H24Cl2N4O. The molecule has 2 aromatic carbocycles. The third-order valence-electron chi connectivity index (χ3n) is 6.73. The fourth-order valence-corrected chi connectivity index (χ4v) is 5.58. The van der Waals surface area contributed by atoms with E-state index < -0.39 is 5.92 Å². The van der Waals surface area contributed by atoms with E-state index in [-0.39, 0.29) is 27.7 Å². The second-order valence-corrected chi connectivity index (χ2v) is 10.8. The second-order valence-electron chi connectivity index (χ2n) is 10.0. The fraction of sp³-hybridized carbons (Fsp3) is 0.250. The van der Waals surface area contributed by atoms with E-state index in [9.17, 15) is 10.1 Å². The zero-order valence-electron chi connectivity index (χ0n) is 19.7. The molecule has 0 saturated carbocycles. The number of ketones is 1. The van der Waals surface area contributed by atoms with Gasteiger partial charge in [0.15, 0.2) is 5.78 Å². The first-order chi connectivity index (χ1) is 16.6. The van der Waals surface area contributed by atoms with Crippen molar-refractivity contribution in [2.75, 3.05) is 4.90 Å². The van der Waals surface area contributed by atoms with E-state index in [0.29, 0.717) is 29.0 Å². The van der Waals surface area contributed by atoms with Gasteiger partial charge in [-0.25, -0.2) is 4.98 Å². The van der Waals surface area contributed by atoms with Crippen LogP contribution in [0.5, 0.6) is 0 Å². The minimum Gasteiger partial charge on any atom is -0.384 e. The molecule has 0 saturated heterocycles. The third kappa shape index (κ3) is 3.97. The van der Waals surface area contributed by atoms with Gasteiger partial charge in [0.1, 0.15) is 11.0 Å². The standard InChI is InChI=1S/C28H24Cl2N4O/c1-15-4-9-21-16(10-15)11-19(26(30)33-21)24-20(14-31)27(32)34(18-7-5-17(29)6-8-18)22-12-28(2,3)13-23(35)25(22)24/h4-11,24H,12-13,32H2,1-3H3. The molecule has 0 bridgehead atoms. The lowest BCUT2D eigenvalue weighted by atomic mass is 9.68. The molecule has 7 heteroatoms. The summed E-state index contributed by atoms with van der Waals surface area (Å²) < 4.78 is 0. The van der Waals surface area contributed by atoms with E-state index >= 15 is 0 Å². The van der Waals surface area contributed by atoms with Crippen LogP contribution in [-0.2, 0) is 4.79 Å². The van der Waals surface area contributed by atoms with Crippen LogP contribution in [0.3, 0.4) is 0 Å². The SMILES string of the molecule is Cc1ccc2nc(Cl)c(C3C(C#N)=C(N)N(c4ccc(Cl)cc4)C4=C3C(=O)CC(C)(C)C4)cc2c1. The number of nitriles is 1. The van der Waals surface area contributed by atoms with Gasteiger partial charge in [-0.15, -0.1) is 0 Å². The van der Waals surface area contributed by atoms with Crippen molar-refractivity contribution in [2.24, 2.45) is 11.1 Å². The van der Waals surface area contributed by atoms with Crippen LogP contribution in [-0.4, -0.2) is 10.8 Å². The highest BCUT2D eigenvalue weighted by Gasteiger charge is 2.45. The predicted molar refractivity (Wildman–Crippen MR) is 140 cm³/mol. The topological polar surface area (TPSA) is 83.0 Å². The number of aromatic nitrogens is 1. The number of nitrogens with zero attached hydrogens (tertiary/aromatic N) is 3. The van der Waals surface area contributed by atoms with E-state index in [0.717, 1.165) is 27.9 Å². The van der Waals surface area contributed by atoms with Gasteiger partial charge in [0.05, 0.1) is 23.1 Å². The number of benzene rings is 2. The lowest BCUT2D eigenvalue weighted by Gasteiger charge is -2.43. The smallest absolute Gasteiger partial charge is 0.162 e. The Kier molecular flexibility index (Phi) is 5.62. The molecule has 1 unspecified atom stereocenters. The van der Waals surface area contributed by atoms with Crippen LogP contribution < -0.4 is 10.6 Å². The summed E-state index contributed by atoms with van der Waals surface area (Å²) in [5, 5.41) is 12.0. The molecular weight excluding hydrogens is 479 g/mol. The number of anilines is 1. The number of rotatable bonds is 2. The Morgan fingerprint density at radius 1 is 1.11 bits per heavy atom. The number of allylic oxidation sites excluding steroid dienone is 3. The fourth-order valence-electron chi connectivity index (χ4n) is 5.20. The predicted octanol–water partition coefficient (Wildman–Crippen LogP) is 6.79. The summed E-state index contributed by atoms with van der Waals surface area (Å²) in [5.41, 5.74) is 11.2. The summed E-state index contributed by atoms with van der Waals surface area (Å²) in [4.78, 5) is 20.1. The molecule has 0 spiro atoms. The van der Waals surface area contributed by atoms with Gasteiger partial charge in [-0.2, -0.15) is 5.26 Å². The first-order valence-electron chi connectivity index (χ1n) is 11.4. The van der Waals surface area contributed by atoms with E-state index in [2.05, 4.69) is 24.9 Å². The summed E-state index contributed by atoms with van der Waals surface area (Å²) in [7, 11) is 0. The van der Waals surface area contributed by atoms with Crippen molar-refractivity contribution < 1.29 is 4.79 Å². The average Bonchev–Trinajstić information content (AvgIpc) is 2.78.